The fourth-order valence-corrected chi connectivity index (χ4v) is 2.36. The zero-order valence-electron chi connectivity index (χ0n) is 13.0. The van der Waals surface area contributed by atoms with E-state index < -0.39 is 37.3 Å². The highest BCUT2D eigenvalue weighted by molar-refractivity contribution is 5.59. The van der Waals surface area contributed by atoms with Gasteiger partial charge in [0.2, 0.25) is 6.29 Å². The van der Waals surface area contributed by atoms with E-state index in [0.717, 1.165) is 0 Å². The first-order valence-electron chi connectivity index (χ1n) is 7.29. The number of rotatable bonds is 5. The van der Waals surface area contributed by atoms with Crippen LogP contribution in [0, 0.1) is 0 Å². The van der Waals surface area contributed by atoms with Crippen molar-refractivity contribution in [3.63, 3.8) is 0 Å². The lowest BCUT2D eigenvalue weighted by Gasteiger charge is -2.39. The van der Waals surface area contributed by atoms with E-state index in [4.69, 9.17) is 14.2 Å². The lowest BCUT2D eigenvalue weighted by molar-refractivity contribution is -0.277. The molecular formula is C16H22O7. The Morgan fingerprint density at radius 1 is 1.17 bits per heavy atom. The molecule has 1 aliphatic heterocycles. The van der Waals surface area contributed by atoms with Crippen molar-refractivity contribution in [2.24, 2.45) is 0 Å². The average molecular weight is 326 g/mol. The number of methoxy groups -OCH3 is 1. The monoisotopic (exact) mass is 326 g/mol. The van der Waals surface area contributed by atoms with Crippen LogP contribution >= 0.6 is 0 Å². The van der Waals surface area contributed by atoms with Crippen LogP contribution in [0.3, 0.4) is 0 Å². The minimum Gasteiger partial charge on any atom is -0.497 e. The van der Waals surface area contributed by atoms with E-state index in [9.17, 15) is 20.4 Å². The number of aliphatic hydroxyl groups is 4. The quantitative estimate of drug-likeness (QED) is 0.599. The van der Waals surface area contributed by atoms with Gasteiger partial charge >= 0.3 is 0 Å². The zero-order chi connectivity index (χ0) is 17.0. The Morgan fingerprint density at radius 3 is 2.52 bits per heavy atom. The van der Waals surface area contributed by atoms with Crippen molar-refractivity contribution in [1.29, 1.82) is 0 Å². The average Bonchev–Trinajstić information content (AvgIpc) is 2.56. The zero-order valence-corrected chi connectivity index (χ0v) is 13.0. The third kappa shape index (κ3) is 3.82. The van der Waals surface area contributed by atoms with Gasteiger partial charge in [-0.05, 0) is 25.1 Å². The summed E-state index contributed by atoms with van der Waals surface area (Å²) in [5, 5.41) is 38.8. The second-order valence-corrected chi connectivity index (χ2v) is 5.22. The number of aliphatic hydroxyl groups excluding tert-OH is 4. The Morgan fingerprint density at radius 2 is 1.91 bits per heavy atom. The molecule has 7 heteroatoms. The maximum absolute atomic E-state index is 10.0. The predicted molar refractivity (Wildman–Crippen MR) is 82.1 cm³/mol. The normalized spacial score (nSPS) is 31.3. The molecule has 0 spiro atoms. The summed E-state index contributed by atoms with van der Waals surface area (Å²) < 4.78 is 16.1. The van der Waals surface area contributed by atoms with Gasteiger partial charge < -0.3 is 34.6 Å². The molecular weight excluding hydrogens is 304 g/mol. The van der Waals surface area contributed by atoms with Gasteiger partial charge in [-0.3, -0.25) is 0 Å². The molecule has 128 valence electrons. The molecule has 4 N–H and O–H groups in total. The van der Waals surface area contributed by atoms with Gasteiger partial charge in [0.25, 0.3) is 0 Å². The van der Waals surface area contributed by atoms with Crippen LogP contribution in [0.2, 0.25) is 0 Å². The van der Waals surface area contributed by atoms with Gasteiger partial charge in [-0.15, -0.1) is 0 Å². The number of hydrogen-bond acceptors (Lipinski definition) is 7. The summed E-state index contributed by atoms with van der Waals surface area (Å²) in [7, 11) is 1.55. The topological polar surface area (TPSA) is 109 Å². The molecule has 23 heavy (non-hydrogen) atoms. The van der Waals surface area contributed by atoms with E-state index in [0.29, 0.717) is 17.1 Å². The van der Waals surface area contributed by atoms with Crippen molar-refractivity contribution in [3.05, 3.63) is 29.8 Å². The van der Waals surface area contributed by atoms with Gasteiger partial charge in [0, 0.05) is 5.56 Å². The first-order chi connectivity index (χ1) is 11.0. The summed E-state index contributed by atoms with van der Waals surface area (Å²) in [5.41, 5.74) is 0.698. The van der Waals surface area contributed by atoms with Gasteiger partial charge in [0.1, 0.15) is 35.9 Å². The molecule has 0 saturated carbocycles. The van der Waals surface area contributed by atoms with Crippen LogP contribution in [-0.4, -0.2) is 64.8 Å². The van der Waals surface area contributed by atoms with Crippen LogP contribution in [0.25, 0.3) is 6.08 Å². The first-order valence-corrected chi connectivity index (χ1v) is 7.29. The van der Waals surface area contributed by atoms with Crippen LogP contribution in [0.5, 0.6) is 11.5 Å². The molecule has 0 radical (unpaired) electrons. The van der Waals surface area contributed by atoms with Crippen LogP contribution < -0.4 is 9.47 Å². The van der Waals surface area contributed by atoms with Crippen molar-refractivity contribution in [1.82, 2.24) is 0 Å². The fourth-order valence-electron chi connectivity index (χ4n) is 2.36. The van der Waals surface area contributed by atoms with Crippen molar-refractivity contribution in [2.45, 2.75) is 37.6 Å². The van der Waals surface area contributed by atoms with Crippen molar-refractivity contribution in [3.8, 4) is 11.5 Å². The molecule has 2 rings (SSSR count). The van der Waals surface area contributed by atoms with E-state index in [-0.39, 0.29) is 0 Å². The van der Waals surface area contributed by atoms with Gasteiger partial charge in [-0.2, -0.15) is 0 Å². The smallest absolute Gasteiger partial charge is 0.229 e. The highest BCUT2D eigenvalue weighted by Gasteiger charge is 2.44. The first kappa shape index (κ1) is 17.7. The number of allylic oxidation sites excluding steroid dienone is 1. The summed E-state index contributed by atoms with van der Waals surface area (Å²) in [6, 6.07) is 5.08. The van der Waals surface area contributed by atoms with Crippen molar-refractivity contribution >= 4 is 6.08 Å². The summed E-state index contributed by atoms with van der Waals surface area (Å²) in [6.07, 6.45) is -2.97. The number of benzene rings is 1. The molecule has 1 saturated heterocycles. The second-order valence-electron chi connectivity index (χ2n) is 5.22. The Hall–Kier alpha value is -1.64. The Labute approximate surface area is 134 Å². The van der Waals surface area contributed by atoms with Crippen LogP contribution in [0.15, 0.2) is 24.3 Å². The third-order valence-electron chi connectivity index (χ3n) is 3.65. The van der Waals surface area contributed by atoms with E-state index in [1.165, 1.54) is 0 Å². The standard InChI is InChI=1S/C16H22O7/c1-3-4-9-7-10(21-2)5-6-11(9)22-16-15(20)14(19)13(18)12(8-17)23-16/h3-7,12-20H,8H2,1-2H3/b4-3+/t12-,13-,14+,15-,16-/m1/s1. The molecule has 1 heterocycles. The predicted octanol–water partition coefficient (Wildman–Crippen LogP) is -0.0930. The maximum atomic E-state index is 10.0. The molecule has 0 aromatic heterocycles. The Bertz CT molecular complexity index is 543. The van der Waals surface area contributed by atoms with Gasteiger partial charge in [0.05, 0.1) is 13.7 Å². The minimum absolute atomic E-state index is 0.410. The molecule has 1 aromatic rings. The van der Waals surface area contributed by atoms with Gasteiger partial charge in [-0.1, -0.05) is 12.2 Å². The van der Waals surface area contributed by atoms with E-state index in [1.54, 1.807) is 31.4 Å². The van der Waals surface area contributed by atoms with E-state index in [2.05, 4.69) is 0 Å². The minimum atomic E-state index is -1.48. The van der Waals surface area contributed by atoms with E-state index >= 15 is 0 Å². The highest BCUT2D eigenvalue weighted by atomic mass is 16.7. The fraction of sp³-hybridized carbons (Fsp3) is 0.500. The van der Waals surface area contributed by atoms with Crippen molar-refractivity contribution in [2.75, 3.05) is 13.7 Å². The largest absolute Gasteiger partial charge is 0.497 e. The molecule has 1 fully saturated rings. The molecule has 1 aromatic carbocycles. The lowest BCUT2D eigenvalue weighted by Crippen LogP contribution is -2.60. The van der Waals surface area contributed by atoms with E-state index in [1.807, 2.05) is 13.0 Å². The summed E-state index contributed by atoms with van der Waals surface area (Å²) in [4.78, 5) is 0. The molecule has 0 aliphatic carbocycles. The summed E-state index contributed by atoms with van der Waals surface area (Å²) in [5.74, 6) is 1.05. The lowest BCUT2D eigenvalue weighted by atomic mass is 9.99. The molecule has 5 atom stereocenters. The summed E-state index contributed by atoms with van der Waals surface area (Å²) in [6.45, 7) is 1.34. The number of ether oxygens (including phenoxy) is 3. The third-order valence-corrected chi connectivity index (χ3v) is 3.65. The molecule has 0 amide bonds. The molecule has 0 unspecified atom stereocenters. The van der Waals surface area contributed by atoms with Crippen LogP contribution in [0.1, 0.15) is 12.5 Å². The summed E-state index contributed by atoms with van der Waals surface area (Å²) >= 11 is 0. The second kappa shape index (κ2) is 7.76. The van der Waals surface area contributed by atoms with Crippen LogP contribution in [-0.2, 0) is 4.74 Å². The molecule has 1 aliphatic rings. The SMILES string of the molecule is C/C=C/c1cc(OC)ccc1O[C@@H]1O[C@H](CO)[C@@H](O)[C@H](O)[C@H]1O. The Kier molecular flexibility index (Phi) is 5.97. The maximum Gasteiger partial charge on any atom is 0.229 e. The van der Waals surface area contributed by atoms with Crippen LogP contribution in [0.4, 0.5) is 0 Å². The number of hydrogen-bond donors (Lipinski definition) is 4. The van der Waals surface area contributed by atoms with Gasteiger partial charge in [0.15, 0.2) is 0 Å². The highest BCUT2D eigenvalue weighted by Crippen LogP contribution is 2.29. The van der Waals surface area contributed by atoms with Gasteiger partial charge in [-0.25, -0.2) is 0 Å². The van der Waals surface area contributed by atoms with Crippen molar-refractivity contribution < 1.29 is 34.6 Å². The molecule has 0 bridgehead atoms. The Balaban J connectivity index is 2.23. The molecule has 7 nitrogen and oxygen atoms in total.